The third-order valence-corrected chi connectivity index (χ3v) is 4.50. The summed E-state index contributed by atoms with van der Waals surface area (Å²) in [7, 11) is 0. The van der Waals surface area contributed by atoms with Crippen LogP contribution in [0.25, 0.3) is 0 Å². The second-order valence-corrected chi connectivity index (χ2v) is 6.53. The first-order chi connectivity index (χ1) is 11.3. The quantitative estimate of drug-likeness (QED) is 0.728. The molecule has 1 rings (SSSR count). The number of carbonyl (C=O) groups is 2. The van der Waals surface area contributed by atoms with E-state index in [9.17, 15) is 14.7 Å². The number of aliphatic carboxylic acids is 1. The van der Waals surface area contributed by atoms with E-state index in [-0.39, 0.29) is 11.8 Å². The molecule has 0 aromatic heterocycles. The van der Waals surface area contributed by atoms with Gasteiger partial charge in [0, 0.05) is 18.2 Å². The number of benzene rings is 1. The van der Waals surface area contributed by atoms with Crippen LogP contribution in [0.2, 0.25) is 0 Å². The van der Waals surface area contributed by atoms with Gasteiger partial charge in [0.05, 0.1) is 0 Å². The maximum absolute atomic E-state index is 12.3. The van der Waals surface area contributed by atoms with Crippen LogP contribution in [-0.4, -0.2) is 40.5 Å². The molecule has 2 N–H and O–H groups in total. The van der Waals surface area contributed by atoms with Crippen molar-refractivity contribution in [3.05, 3.63) is 35.4 Å². The van der Waals surface area contributed by atoms with Gasteiger partial charge in [0.25, 0.3) is 5.91 Å². The lowest BCUT2D eigenvalue weighted by atomic mass is 9.99. The molecule has 134 valence electrons. The van der Waals surface area contributed by atoms with Crippen molar-refractivity contribution in [3.63, 3.8) is 0 Å². The molecule has 1 aromatic carbocycles. The number of amides is 1. The second kappa shape index (κ2) is 9.42. The van der Waals surface area contributed by atoms with Crippen molar-refractivity contribution in [2.45, 2.75) is 59.7 Å². The number of carbonyl (C=O) groups excluding carboxylic acids is 1. The molecule has 0 bridgehead atoms. The smallest absolute Gasteiger partial charge is 0.326 e. The Morgan fingerprint density at radius 3 is 2.12 bits per heavy atom. The Bertz CT molecular complexity index is 540. The van der Waals surface area contributed by atoms with Crippen LogP contribution in [-0.2, 0) is 11.3 Å². The number of rotatable bonds is 9. The lowest BCUT2D eigenvalue weighted by Crippen LogP contribution is -2.45. The van der Waals surface area contributed by atoms with E-state index in [1.165, 1.54) is 0 Å². The van der Waals surface area contributed by atoms with E-state index in [0.29, 0.717) is 18.0 Å². The zero-order valence-electron chi connectivity index (χ0n) is 15.4. The van der Waals surface area contributed by atoms with Gasteiger partial charge in [0.15, 0.2) is 0 Å². The first kappa shape index (κ1) is 20.2. The fourth-order valence-electron chi connectivity index (χ4n) is 2.56. The molecule has 0 saturated carbocycles. The summed E-state index contributed by atoms with van der Waals surface area (Å²) in [5.41, 5.74) is 1.62. The number of nitrogens with one attached hydrogen (secondary N) is 1. The molecule has 2 atom stereocenters. The van der Waals surface area contributed by atoms with E-state index in [4.69, 9.17) is 0 Å². The first-order valence-corrected chi connectivity index (χ1v) is 8.66. The summed E-state index contributed by atoms with van der Waals surface area (Å²) in [5, 5.41) is 11.9. The van der Waals surface area contributed by atoms with Crippen molar-refractivity contribution in [2.75, 3.05) is 6.54 Å². The molecule has 0 saturated heterocycles. The minimum atomic E-state index is -0.996. The van der Waals surface area contributed by atoms with Crippen molar-refractivity contribution >= 4 is 11.9 Å². The molecule has 24 heavy (non-hydrogen) atoms. The summed E-state index contributed by atoms with van der Waals surface area (Å²) < 4.78 is 0. The lowest BCUT2D eigenvalue weighted by molar-refractivity contribution is -0.140. The predicted molar refractivity (Wildman–Crippen MR) is 96.0 cm³/mol. The Morgan fingerprint density at radius 1 is 1.12 bits per heavy atom. The van der Waals surface area contributed by atoms with Crippen LogP contribution in [0.5, 0.6) is 0 Å². The molecule has 0 aliphatic heterocycles. The van der Waals surface area contributed by atoms with Gasteiger partial charge in [0.1, 0.15) is 6.04 Å². The van der Waals surface area contributed by atoms with Crippen molar-refractivity contribution in [3.8, 4) is 0 Å². The van der Waals surface area contributed by atoms with Gasteiger partial charge >= 0.3 is 5.97 Å². The van der Waals surface area contributed by atoms with Crippen LogP contribution in [0.3, 0.4) is 0 Å². The molecule has 0 heterocycles. The zero-order chi connectivity index (χ0) is 18.3. The fourth-order valence-corrected chi connectivity index (χ4v) is 2.56. The number of hydrogen-bond acceptors (Lipinski definition) is 3. The highest BCUT2D eigenvalue weighted by Crippen LogP contribution is 2.12. The Hall–Kier alpha value is -1.88. The van der Waals surface area contributed by atoms with Gasteiger partial charge in [-0.25, -0.2) is 4.79 Å². The minimum absolute atomic E-state index is 0.116. The minimum Gasteiger partial charge on any atom is -0.480 e. The zero-order valence-corrected chi connectivity index (χ0v) is 15.4. The lowest BCUT2D eigenvalue weighted by Gasteiger charge is -2.24. The molecule has 0 radical (unpaired) electrons. The predicted octanol–water partition coefficient (Wildman–Crippen LogP) is 3.15. The first-order valence-electron chi connectivity index (χ1n) is 8.66. The highest BCUT2D eigenvalue weighted by Gasteiger charge is 2.25. The number of hydrogen-bond donors (Lipinski definition) is 2. The molecule has 5 heteroatoms. The molecular formula is C19H30N2O3. The topological polar surface area (TPSA) is 69.6 Å². The standard InChI is InChI=1S/C19H30N2O3/c1-6-14(5)17(19(23)24)20-18(22)16-10-8-15(9-11-16)12-21(7-2)13(3)4/h8-11,13-14,17H,6-7,12H2,1-5H3,(H,20,22)(H,23,24)/t14-,17-/m0/s1. The number of carboxylic acids is 1. The maximum atomic E-state index is 12.3. The van der Waals surface area contributed by atoms with E-state index < -0.39 is 12.0 Å². The van der Waals surface area contributed by atoms with Crippen LogP contribution in [0, 0.1) is 5.92 Å². The van der Waals surface area contributed by atoms with Crippen molar-refractivity contribution in [1.29, 1.82) is 0 Å². The number of carboxylic acid groups (broad SMARTS) is 1. The molecule has 5 nitrogen and oxygen atoms in total. The summed E-state index contributed by atoms with van der Waals surface area (Å²) in [6.45, 7) is 12.0. The van der Waals surface area contributed by atoms with Crippen LogP contribution in [0.1, 0.15) is 57.0 Å². The highest BCUT2D eigenvalue weighted by molar-refractivity contribution is 5.96. The van der Waals surface area contributed by atoms with Crippen LogP contribution >= 0.6 is 0 Å². The SMILES string of the molecule is CC[C@H](C)[C@H](NC(=O)c1ccc(CN(CC)C(C)C)cc1)C(=O)O. The summed E-state index contributed by atoms with van der Waals surface area (Å²) in [6.07, 6.45) is 0.693. The third-order valence-electron chi connectivity index (χ3n) is 4.50. The molecule has 1 aromatic rings. The summed E-state index contributed by atoms with van der Waals surface area (Å²) in [5.74, 6) is -1.45. The van der Waals surface area contributed by atoms with E-state index in [1.807, 2.05) is 26.0 Å². The molecule has 0 fully saturated rings. The summed E-state index contributed by atoms with van der Waals surface area (Å²) in [4.78, 5) is 25.9. The van der Waals surface area contributed by atoms with Gasteiger partial charge in [-0.1, -0.05) is 39.3 Å². The maximum Gasteiger partial charge on any atom is 0.326 e. The number of nitrogens with zero attached hydrogens (tertiary/aromatic N) is 1. The Labute approximate surface area is 145 Å². The average Bonchev–Trinajstić information content (AvgIpc) is 2.56. The molecular weight excluding hydrogens is 304 g/mol. The second-order valence-electron chi connectivity index (χ2n) is 6.53. The Kier molecular flexibility index (Phi) is 7.92. The molecule has 0 spiro atoms. The van der Waals surface area contributed by atoms with Gasteiger partial charge in [0.2, 0.25) is 0 Å². The average molecular weight is 334 g/mol. The van der Waals surface area contributed by atoms with Crippen molar-refractivity contribution < 1.29 is 14.7 Å². The van der Waals surface area contributed by atoms with Gasteiger partial charge in [-0.3, -0.25) is 9.69 Å². The largest absolute Gasteiger partial charge is 0.480 e. The normalized spacial score (nSPS) is 13.8. The van der Waals surface area contributed by atoms with E-state index in [2.05, 4.69) is 31.0 Å². The van der Waals surface area contributed by atoms with Crippen molar-refractivity contribution in [1.82, 2.24) is 10.2 Å². The third kappa shape index (κ3) is 5.64. The van der Waals surface area contributed by atoms with Crippen LogP contribution in [0.15, 0.2) is 24.3 Å². The van der Waals surface area contributed by atoms with E-state index in [1.54, 1.807) is 12.1 Å². The van der Waals surface area contributed by atoms with Crippen LogP contribution in [0.4, 0.5) is 0 Å². The molecule has 1 amide bonds. The molecule has 0 unspecified atom stereocenters. The van der Waals surface area contributed by atoms with Gasteiger partial charge < -0.3 is 10.4 Å². The van der Waals surface area contributed by atoms with E-state index >= 15 is 0 Å². The van der Waals surface area contributed by atoms with Gasteiger partial charge in [-0.05, 0) is 44.0 Å². The monoisotopic (exact) mass is 334 g/mol. The van der Waals surface area contributed by atoms with Crippen LogP contribution < -0.4 is 5.32 Å². The Balaban J connectivity index is 2.77. The summed E-state index contributed by atoms with van der Waals surface area (Å²) >= 11 is 0. The van der Waals surface area contributed by atoms with E-state index in [0.717, 1.165) is 18.7 Å². The van der Waals surface area contributed by atoms with Gasteiger partial charge in [-0.15, -0.1) is 0 Å². The highest BCUT2D eigenvalue weighted by atomic mass is 16.4. The molecule has 0 aliphatic carbocycles. The van der Waals surface area contributed by atoms with Gasteiger partial charge in [-0.2, -0.15) is 0 Å². The molecule has 0 aliphatic rings. The fraction of sp³-hybridized carbons (Fsp3) is 0.579. The van der Waals surface area contributed by atoms with Crippen molar-refractivity contribution in [2.24, 2.45) is 5.92 Å². The summed E-state index contributed by atoms with van der Waals surface area (Å²) in [6, 6.07) is 6.98. The Morgan fingerprint density at radius 2 is 1.71 bits per heavy atom.